The number of fused-ring (bicyclic) bond motifs is 1. The third kappa shape index (κ3) is 6.37. The number of carbonyl (C=O) groups excluding carboxylic acids is 1. The van der Waals surface area contributed by atoms with Crippen molar-refractivity contribution in [1.29, 1.82) is 0 Å². The fourth-order valence-corrected chi connectivity index (χ4v) is 4.70. The number of hydrogen-bond donors (Lipinski definition) is 0. The number of hydrogen-bond acceptors (Lipinski definition) is 5. The number of likely N-dealkylation sites (tertiary alicyclic amines) is 1. The van der Waals surface area contributed by atoms with Crippen LogP contribution in [0.4, 0.5) is 9.18 Å². The van der Waals surface area contributed by atoms with Gasteiger partial charge in [-0.15, -0.1) is 0 Å². The monoisotopic (exact) mass is 561 g/mol. The van der Waals surface area contributed by atoms with Crippen molar-refractivity contribution >= 4 is 32.9 Å². The maximum absolute atomic E-state index is 15.0. The Balaban J connectivity index is 1.24. The molecule has 0 N–H and O–H groups in total. The quantitative estimate of drug-likeness (QED) is 0.301. The van der Waals surface area contributed by atoms with E-state index in [0.29, 0.717) is 49.8 Å². The summed E-state index contributed by atoms with van der Waals surface area (Å²) in [5.74, 6) is 0.0845. The first-order valence-electron chi connectivity index (χ1n) is 12.2. The molecule has 2 heterocycles. The Labute approximate surface area is 219 Å². The molecule has 194 valence electrons. The van der Waals surface area contributed by atoms with Gasteiger partial charge in [-0.05, 0) is 63.9 Å². The fourth-order valence-electron chi connectivity index (χ4n) is 4.35. The molecular weight excluding hydrogens is 529 g/mol. The number of aromatic nitrogens is 2. The van der Waals surface area contributed by atoms with E-state index in [1.807, 2.05) is 46.0 Å². The van der Waals surface area contributed by atoms with E-state index in [1.165, 1.54) is 6.07 Å². The first-order valence-corrected chi connectivity index (χ1v) is 13.0. The second-order valence-corrected chi connectivity index (χ2v) is 10.9. The maximum Gasteiger partial charge on any atom is 0.410 e. The average Bonchev–Trinajstić information content (AvgIpc) is 3.40. The molecule has 1 aliphatic heterocycles. The molecule has 0 radical (unpaired) electrons. The third-order valence-corrected chi connectivity index (χ3v) is 6.52. The van der Waals surface area contributed by atoms with E-state index in [-0.39, 0.29) is 18.0 Å². The van der Waals surface area contributed by atoms with E-state index in [1.54, 1.807) is 21.7 Å². The fraction of sp³-hybridized carbons (Fsp3) is 0.481. The van der Waals surface area contributed by atoms with E-state index >= 15 is 0 Å². The Bertz CT molecular complexity index is 1220. The molecule has 1 atom stereocenters. The van der Waals surface area contributed by atoms with Gasteiger partial charge in [0, 0.05) is 48.1 Å². The molecule has 7 nitrogen and oxygen atoms in total. The summed E-state index contributed by atoms with van der Waals surface area (Å²) in [7, 11) is 1.84. The van der Waals surface area contributed by atoms with Crippen molar-refractivity contribution in [3.8, 4) is 17.0 Å². The van der Waals surface area contributed by atoms with Gasteiger partial charge < -0.3 is 19.1 Å². The molecule has 1 amide bonds. The molecule has 0 aliphatic carbocycles. The van der Waals surface area contributed by atoms with Gasteiger partial charge in [0.1, 0.15) is 22.9 Å². The zero-order chi connectivity index (χ0) is 25.9. The lowest BCUT2D eigenvalue weighted by molar-refractivity contribution is 0.00977. The second kappa shape index (κ2) is 11.2. The highest BCUT2D eigenvalue weighted by atomic mass is 79.9. The molecule has 1 aliphatic rings. The van der Waals surface area contributed by atoms with E-state index in [4.69, 9.17) is 14.2 Å². The van der Waals surface area contributed by atoms with Crippen molar-refractivity contribution in [3.05, 3.63) is 46.7 Å². The van der Waals surface area contributed by atoms with Crippen LogP contribution in [0.5, 0.6) is 5.75 Å². The lowest BCUT2D eigenvalue weighted by Crippen LogP contribution is -2.41. The largest absolute Gasteiger partial charge is 0.493 e. The van der Waals surface area contributed by atoms with Crippen LogP contribution in [0.25, 0.3) is 22.2 Å². The highest BCUT2D eigenvalue weighted by Gasteiger charge is 2.32. The molecule has 2 aromatic carbocycles. The summed E-state index contributed by atoms with van der Waals surface area (Å²) in [6, 6.07) is 10.7. The highest BCUT2D eigenvalue weighted by molar-refractivity contribution is 9.10. The van der Waals surface area contributed by atoms with Crippen molar-refractivity contribution in [2.45, 2.75) is 51.7 Å². The van der Waals surface area contributed by atoms with Gasteiger partial charge in [0.25, 0.3) is 0 Å². The standard InChI is InChI=1S/C27H33BrFN3O4/c1-27(2,3)36-26(33)32-12-5-7-19(32)17-34-13-6-14-35-20-9-11-21(23(29)16-20)25-22-10-8-18(28)15-24(22)31(4)30-25/h8-11,15-16,19H,5-7,12-14,17H2,1-4H3/t19-/m0/s1. The molecule has 36 heavy (non-hydrogen) atoms. The van der Waals surface area contributed by atoms with Crippen LogP contribution >= 0.6 is 15.9 Å². The van der Waals surface area contributed by atoms with Gasteiger partial charge in [-0.1, -0.05) is 15.9 Å². The minimum atomic E-state index is -0.511. The van der Waals surface area contributed by atoms with Crippen LogP contribution in [0.1, 0.15) is 40.0 Å². The predicted octanol–water partition coefficient (Wildman–Crippen LogP) is 6.33. The molecule has 1 aromatic heterocycles. The highest BCUT2D eigenvalue weighted by Crippen LogP contribution is 2.32. The number of aryl methyl sites for hydroxylation is 1. The molecular formula is C27H33BrFN3O4. The van der Waals surface area contributed by atoms with Gasteiger partial charge >= 0.3 is 6.09 Å². The molecule has 9 heteroatoms. The number of nitrogens with zero attached hydrogens (tertiary/aromatic N) is 3. The molecule has 1 fully saturated rings. The van der Waals surface area contributed by atoms with Crippen LogP contribution in [0.2, 0.25) is 0 Å². The zero-order valence-electron chi connectivity index (χ0n) is 21.2. The summed E-state index contributed by atoms with van der Waals surface area (Å²) >= 11 is 3.47. The summed E-state index contributed by atoms with van der Waals surface area (Å²) in [4.78, 5) is 14.1. The number of amides is 1. The van der Waals surface area contributed by atoms with Crippen molar-refractivity contribution in [1.82, 2.24) is 14.7 Å². The third-order valence-electron chi connectivity index (χ3n) is 6.03. The van der Waals surface area contributed by atoms with Crippen LogP contribution in [-0.4, -0.2) is 58.8 Å². The van der Waals surface area contributed by atoms with Crippen LogP contribution < -0.4 is 4.74 Å². The number of rotatable bonds is 8. The molecule has 0 bridgehead atoms. The Morgan fingerprint density at radius 3 is 2.75 bits per heavy atom. The molecule has 0 saturated carbocycles. The average molecular weight is 562 g/mol. The van der Waals surface area contributed by atoms with Crippen LogP contribution in [0, 0.1) is 5.82 Å². The summed E-state index contributed by atoms with van der Waals surface area (Å²) in [5.41, 5.74) is 1.45. The van der Waals surface area contributed by atoms with Gasteiger partial charge in [0.15, 0.2) is 0 Å². The maximum atomic E-state index is 15.0. The van der Waals surface area contributed by atoms with Crippen LogP contribution in [-0.2, 0) is 16.5 Å². The summed E-state index contributed by atoms with van der Waals surface area (Å²) in [5, 5.41) is 5.41. The molecule has 3 aromatic rings. The number of halogens is 2. The van der Waals surface area contributed by atoms with Crippen molar-refractivity contribution < 1.29 is 23.4 Å². The van der Waals surface area contributed by atoms with Gasteiger partial charge in [-0.2, -0.15) is 5.10 Å². The normalized spacial score (nSPS) is 16.1. The topological polar surface area (TPSA) is 65.8 Å². The summed E-state index contributed by atoms with van der Waals surface area (Å²) in [6.07, 6.45) is 2.23. The Hall–Kier alpha value is -2.65. The predicted molar refractivity (Wildman–Crippen MR) is 141 cm³/mol. The van der Waals surface area contributed by atoms with E-state index in [9.17, 15) is 9.18 Å². The molecule has 0 unspecified atom stereocenters. The van der Waals surface area contributed by atoms with Gasteiger partial charge in [0.05, 0.1) is 24.8 Å². The molecule has 1 saturated heterocycles. The zero-order valence-corrected chi connectivity index (χ0v) is 22.8. The van der Waals surface area contributed by atoms with Crippen molar-refractivity contribution in [2.24, 2.45) is 7.05 Å². The molecule has 0 spiro atoms. The van der Waals surface area contributed by atoms with Crippen molar-refractivity contribution in [2.75, 3.05) is 26.4 Å². The summed E-state index contributed by atoms with van der Waals surface area (Å²) < 4.78 is 34.7. The van der Waals surface area contributed by atoms with Crippen LogP contribution in [0.3, 0.4) is 0 Å². The minimum absolute atomic E-state index is 0.0335. The smallest absolute Gasteiger partial charge is 0.410 e. The summed E-state index contributed by atoms with van der Waals surface area (Å²) in [6.45, 7) is 7.66. The lowest BCUT2D eigenvalue weighted by Gasteiger charge is -2.28. The van der Waals surface area contributed by atoms with Gasteiger partial charge in [0.2, 0.25) is 0 Å². The van der Waals surface area contributed by atoms with Crippen LogP contribution in [0.15, 0.2) is 40.9 Å². The second-order valence-electron chi connectivity index (χ2n) is 10.0. The van der Waals surface area contributed by atoms with E-state index in [2.05, 4.69) is 21.0 Å². The van der Waals surface area contributed by atoms with Crippen molar-refractivity contribution in [3.63, 3.8) is 0 Å². The van der Waals surface area contributed by atoms with Gasteiger partial charge in [-0.3, -0.25) is 4.68 Å². The molecule has 4 rings (SSSR count). The van der Waals surface area contributed by atoms with Gasteiger partial charge in [-0.25, -0.2) is 9.18 Å². The minimum Gasteiger partial charge on any atom is -0.493 e. The first kappa shape index (κ1) is 26.4. The Morgan fingerprint density at radius 2 is 2.00 bits per heavy atom. The number of ether oxygens (including phenoxy) is 3. The lowest BCUT2D eigenvalue weighted by atomic mass is 10.1. The Morgan fingerprint density at radius 1 is 1.19 bits per heavy atom. The Kier molecular flexibility index (Phi) is 8.20. The SMILES string of the molecule is Cn1nc(-c2ccc(OCCCOC[C@@H]3CCCN3C(=O)OC(C)(C)C)cc2F)c2ccc(Br)cc21. The van der Waals surface area contributed by atoms with E-state index < -0.39 is 5.60 Å². The number of carbonyl (C=O) groups is 1. The van der Waals surface area contributed by atoms with E-state index in [0.717, 1.165) is 28.2 Å². The number of benzene rings is 2. The first-order chi connectivity index (χ1) is 17.1.